The third kappa shape index (κ3) is 2.32. The molecule has 2 rings (SSSR count). The minimum Gasteiger partial charge on any atom is -0.496 e. The third-order valence-corrected chi connectivity index (χ3v) is 4.10. The Morgan fingerprint density at radius 2 is 1.76 bits per heavy atom. The topological polar surface area (TPSA) is 21.3 Å². The molecule has 1 aromatic rings. The molecule has 0 spiro atoms. The summed E-state index contributed by atoms with van der Waals surface area (Å²) in [5.41, 5.74) is 4.42. The van der Waals surface area contributed by atoms with E-state index in [9.17, 15) is 0 Å². The summed E-state index contributed by atoms with van der Waals surface area (Å²) in [5.74, 6) is 1.00. The lowest BCUT2D eigenvalue weighted by atomic mass is 9.73. The molecule has 0 atom stereocenters. The molecular formula is C15H23NO. The molecule has 1 aromatic carbocycles. The van der Waals surface area contributed by atoms with Crippen molar-refractivity contribution in [2.45, 2.75) is 39.0 Å². The van der Waals surface area contributed by atoms with E-state index in [0.717, 1.165) is 18.8 Å². The molecule has 1 saturated heterocycles. The van der Waals surface area contributed by atoms with E-state index in [1.807, 2.05) is 0 Å². The largest absolute Gasteiger partial charge is 0.496 e. The average Bonchev–Trinajstić information content (AvgIpc) is 2.32. The van der Waals surface area contributed by atoms with Crippen molar-refractivity contribution >= 4 is 0 Å². The molecule has 2 nitrogen and oxygen atoms in total. The van der Waals surface area contributed by atoms with Crippen molar-refractivity contribution in [3.63, 3.8) is 0 Å². The van der Waals surface area contributed by atoms with Crippen LogP contribution in [-0.2, 0) is 5.41 Å². The second-order valence-electron chi connectivity index (χ2n) is 5.45. The number of rotatable bonds is 2. The fourth-order valence-corrected chi connectivity index (χ4v) is 2.91. The quantitative estimate of drug-likeness (QED) is 0.848. The van der Waals surface area contributed by atoms with Crippen LogP contribution in [0.4, 0.5) is 0 Å². The summed E-state index contributed by atoms with van der Waals surface area (Å²) in [7, 11) is 1.74. The highest BCUT2D eigenvalue weighted by Gasteiger charge is 2.30. The molecular weight excluding hydrogens is 210 g/mol. The van der Waals surface area contributed by atoms with Crippen LogP contribution in [0.25, 0.3) is 0 Å². The minimum absolute atomic E-state index is 0.326. The second-order valence-corrected chi connectivity index (χ2v) is 5.45. The van der Waals surface area contributed by atoms with Gasteiger partial charge in [-0.25, -0.2) is 0 Å². The van der Waals surface area contributed by atoms with Gasteiger partial charge in [0.25, 0.3) is 0 Å². The highest BCUT2D eigenvalue weighted by Crippen LogP contribution is 2.37. The Bertz CT molecular complexity index is 406. The van der Waals surface area contributed by atoms with Gasteiger partial charge in [0.05, 0.1) is 7.11 Å². The number of methoxy groups -OCH3 is 1. The van der Waals surface area contributed by atoms with Crippen LogP contribution in [0.1, 0.15) is 36.5 Å². The molecule has 1 heterocycles. The van der Waals surface area contributed by atoms with Crippen LogP contribution in [-0.4, -0.2) is 20.2 Å². The summed E-state index contributed by atoms with van der Waals surface area (Å²) >= 11 is 0. The predicted molar refractivity (Wildman–Crippen MR) is 71.9 cm³/mol. The number of ether oxygens (including phenoxy) is 1. The summed E-state index contributed by atoms with van der Waals surface area (Å²) in [4.78, 5) is 0. The van der Waals surface area contributed by atoms with Crippen molar-refractivity contribution < 1.29 is 4.74 Å². The van der Waals surface area contributed by atoms with Crippen molar-refractivity contribution in [1.29, 1.82) is 0 Å². The molecule has 0 bridgehead atoms. The van der Waals surface area contributed by atoms with Crippen molar-refractivity contribution in [3.05, 3.63) is 28.8 Å². The molecule has 0 unspecified atom stereocenters. The van der Waals surface area contributed by atoms with Gasteiger partial charge in [0.1, 0.15) is 5.75 Å². The van der Waals surface area contributed by atoms with Crippen molar-refractivity contribution in [2.75, 3.05) is 20.2 Å². The van der Waals surface area contributed by atoms with E-state index >= 15 is 0 Å². The molecule has 0 amide bonds. The van der Waals surface area contributed by atoms with Crippen molar-refractivity contribution in [1.82, 2.24) is 5.32 Å². The van der Waals surface area contributed by atoms with Crippen LogP contribution in [0.15, 0.2) is 12.1 Å². The number of piperidine rings is 1. The first-order valence-electron chi connectivity index (χ1n) is 6.43. The average molecular weight is 233 g/mol. The van der Waals surface area contributed by atoms with E-state index in [2.05, 4.69) is 38.2 Å². The molecule has 2 heteroatoms. The van der Waals surface area contributed by atoms with E-state index in [1.165, 1.54) is 29.5 Å². The molecule has 1 fully saturated rings. The molecule has 94 valence electrons. The molecule has 1 aliphatic heterocycles. The van der Waals surface area contributed by atoms with Gasteiger partial charge in [-0.2, -0.15) is 0 Å². The maximum atomic E-state index is 5.39. The first kappa shape index (κ1) is 12.4. The first-order valence-corrected chi connectivity index (χ1v) is 6.43. The van der Waals surface area contributed by atoms with Gasteiger partial charge in [0.15, 0.2) is 0 Å². The molecule has 0 aliphatic carbocycles. The number of nitrogens with one attached hydrogen (secondary N) is 1. The number of aryl methyl sites for hydroxylation is 2. The van der Waals surface area contributed by atoms with Crippen molar-refractivity contribution in [3.8, 4) is 5.75 Å². The Balaban J connectivity index is 2.41. The van der Waals surface area contributed by atoms with E-state index in [4.69, 9.17) is 4.74 Å². The van der Waals surface area contributed by atoms with Crippen LogP contribution in [0.5, 0.6) is 5.75 Å². The summed E-state index contributed by atoms with van der Waals surface area (Å²) in [6, 6.07) is 4.50. The van der Waals surface area contributed by atoms with E-state index in [-0.39, 0.29) is 0 Å². The standard InChI is InChI=1S/C15H23NO/c1-11-10-14(17-4)12(2)9-13(11)15(3)5-7-16-8-6-15/h9-10,16H,5-8H2,1-4H3. The summed E-state index contributed by atoms with van der Waals surface area (Å²) in [6.07, 6.45) is 2.44. The van der Waals surface area contributed by atoms with Gasteiger partial charge >= 0.3 is 0 Å². The minimum atomic E-state index is 0.326. The van der Waals surface area contributed by atoms with E-state index in [0.29, 0.717) is 5.41 Å². The number of benzene rings is 1. The monoisotopic (exact) mass is 233 g/mol. The fraction of sp³-hybridized carbons (Fsp3) is 0.600. The van der Waals surface area contributed by atoms with Crippen LogP contribution in [0.3, 0.4) is 0 Å². The third-order valence-electron chi connectivity index (χ3n) is 4.10. The maximum absolute atomic E-state index is 5.39. The maximum Gasteiger partial charge on any atom is 0.122 e. The van der Waals surface area contributed by atoms with Gasteiger partial charge in [0.2, 0.25) is 0 Å². The summed E-state index contributed by atoms with van der Waals surface area (Å²) in [5, 5.41) is 3.44. The van der Waals surface area contributed by atoms with Gasteiger partial charge in [-0.1, -0.05) is 13.0 Å². The van der Waals surface area contributed by atoms with Crippen LogP contribution < -0.4 is 10.1 Å². The Labute approximate surface area is 104 Å². The van der Waals surface area contributed by atoms with E-state index in [1.54, 1.807) is 7.11 Å². The summed E-state index contributed by atoms with van der Waals surface area (Å²) in [6.45, 7) is 8.97. The molecule has 0 saturated carbocycles. The second kappa shape index (κ2) is 4.69. The number of hydrogen-bond donors (Lipinski definition) is 1. The van der Waals surface area contributed by atoms with Gasteiger partial charge < -0.3 is 10.1 Å². The van der Waals surface area contributed by atoms with Crippen LogP contribution in [0.2, 0.25) is 0 Å². The first-order chi connectivity index (χ1) is 8.07. The highest BCUT2D eigenvalue weighted by molar-refractivity contribution is 5.44. The van der Waals surface area contributed by atoms with Gasteiger partial charge in [0, 0.05) is 0 Å². The molecule has 1 N–H and O–H groups in total. The van der Waals surface area contributed by atoms with Gasteiger partial charge in [-0.3, -0.25) is 0 Å². The zero-order chi connectivity index (χ0) is 12.5. The van der Waals surface area contributed by atoms with Gasteiger partial charge in [-0.05, 0) is 68.0 Å². The summed E-state index contributed by atoms with van der Waals surface area (Å²) < 4.78 is 5.39. The smallest absolute Gasteiger partial charge is 0.122 e. The lowest BCUT2D eigenvalue weighted by Crippen LogP contribution is -2.38. The lowest BCUT2D eigenvalue weighted by Gasteiger charge is -2.36. The Kier molecular flexibility index (Phi) is 3.43. The highest BCUT2D eigenvalue weighted by atomic mass is 16.5. The van der Waals surface area contributed by atoms with Crippen LogP contribution >= 0.6 is 0 Å². The van der Waals surface area contributed by atoms with Crippen molar-refractivity contribution in [2.24, 2.45) is 0 Å². The van der Waals surface area contributed by atoms with Gasteiger partial charge in [-0.15, -0.1) is 0 Å². The predicted octanol–water partition coefficient (Wildman–Crippen LogP) is 2.95. The van der Waals surface area contributed by atoms with E-state index < -0.39 is 0 Å². The molecule has 0 radical (unpaired) electrons. The SMILES string of the molecule is COc1cc(C)c(C2(C)CCNCC2)cc1C. The molecule has 17 heavy (non-hydrogen) atoms. The Hall–Kier alpha value is -1.02. The molecule has 1 aliphatic rings. The lowest BCUT2D eigenvalue weighted by molar-refractivity contribution is 0.333. The Morgan fingerprint density at radius 1 is 1.12 bits per heavy atom. The zero-order valence-corrected chi connectivity index (χ0v) is 11.4. The van der Waals surface area contributed by atoms with Crippen LogP contribution in [0, 0.1) is 13.8 Å². The molecule has 0 aromatic heterocycles. The Morgan fingerprint density at radius 3 is 2.35 bits per heavy atom. The normalized spacial score (nSPS) is 19.1. The number of hydrogen-bond acceptors (Lipinski definition) is 2. The fourth-order valence-electron chi connectivity index (χ4n) is 2.91. The zero-order valence-electron chi connectivity index (χ0n) is 11.4.